The Bertz CT molecular complexity index is 949. The van der Waals surface area contributed by atoms with Crippen LogP contribution in [0.5, 0.6) is 0 Å². The summed E-state index contributed by atoms with van der Waals surface area (Å²) in [6.07, 6.45) is -1.32. The summed E-state index contributed by atoms with van der Waals surface area (Å²) in [6.45, 7) is -0.248. The minimum Gasteiger partial charge on any atom is -0.465 e. The van der Waals surface area contributed by atoms with Crippen LogP contribution in [0, 0.1) is 10.1 Å². The van der Waals surface area contributed by atoms with Gasteiger partial charge in [0.05, 0.1) is 11.0 Å². The van der Waals surface area contributed by atoms with Crippen molar-refractivity contribution < 1.29 is 23.2 Å². The molecule has 0 bridgehead atoms. The van der Waals surface area contributed by atoms with Crippen LogP contribution >= 0.6 is 15.9 Å². The van der Waals surface area contributed by atoms with E-state index >= 15 is 0 Å². The van der Waals surface area contributed by atoms with Gasteiger partial charge in [0.1, 0.15) is 0 Å². The van der Waals surface area contributed by atoms with Gasteiger partial charge in [0.2, 0.25) is 10.0 Å². The monoisotopic (exact) mass is 457 g/mol. The standard InChI is InChI=1S/C16H16BrN3O6S/c1-19(27(25,26)15-5-3-2-4-14(15)20(23)24)10-13(18-16(21)22)11-6-8-12(17)9-7-11/h2-9,13,18H,10H2,1H3,(H,21,22)/t13-/m0/s1. The molecule has 2 rings (SSSR count). The molecule has 144 valence electrons. The van der Waals surface area contributed by atoms with Gasteiger partial charge >= 0.3 is 6.09 Å². The topological polar surface area (TPSA) is 130 Å². The lowest BCUT2D eigenvalue weighted by Crippen LogP contribution is -2.38. The van der Waals surface area contributed by atoms with Crippen LogP contribution in [0.3, 0.4) is 0 Å². The van der Waals surface area contributed by atoms with E-state index in [2.05, 4.69) is 21.2 Å². The van der Waals surface area contributed by atoms with Crippen LogP contribution in [-0.2, 0) is 10.0 Å². The molecule has 1 atom stereocenters. The quantitative estimate of drug-likeness (QED) is 0.485. The van der Waals surface area contributed by atoms with Crippen molar-refractivity contribution in [1.29, 1.82) is 0 Å². The number of para-hydroxylation sites is 1. The van der Waals surface area contributed by atoms with E-state index in [1.165, 1.54) is 19.2 Å². The molecule has 2 aromatic carbocycles. The molecule has 0 heterocycles. The maximum Gasteiger partial charge on any atom is 0.405 e. The molecule has 0 unspecified atom stereocenters. The molecule has 9 nitrogen and oxygen atoms in total. The number of likely N-dealkylation sites (N-methyl/N-ethyl adjacent to an activating group) is 1. The summed E-state index contributed by atoms with van der Waals surface area (Å²) in [7, 11) is -2.97. The second kappa shape index (κ2) is 8.46. The fourth-order valence-electron chi connectivity index (χ4n) is 2.43. The van der Waals surface area contributed by atoms with E-state index in [4.69, 9.17) is 5.11 Å². The van der Waals surface area contributed by atoms with E-state index in [0.717, 1.165) is 20.9 Å². The summed E-state index contributed by atoms with van der Waals surface area (Å²) in [4.78, 5) is 21.0. The van der Waals surface area contributed by atoms with Crippen LogP contribution in [0.25, 0.3) is 0 Å². The Morgan fingerprint density at radius 1 is 1.26 bits per heavy atom. The van der Waals surface area contributed by atoms with Gasteiger partial charge in [-0.3, -0.25) is 10.1 Å². The smallest absolute Gasteiger partial charge is 0.405 e. The maximum atomic E-state index is 12.8. The van der Waals surface area contributed by atoms with E-state index in [9.17, 15) is 23.3 Å². The molecule has 0 saturated heterocycles. The average Bonchev–Trinajstić information content (AvgIpc) is 2.61. The average molecular weight is 458 g/mol. The van der Waals surface area contributed by atoms with Crippen molar-refractivity contribution >= 4 is 37.7 Å². The summed E-state index contributed by atoms with van der Waals surface area (Å²) in [5.74, 6) is 0. The number of amides is 1. The Kier molecular flexibility index (Phi) is 6.52. The van der Waals surface area contributed by atoms with Gasteiger partial charge < -0.3 is 10.4 Å². The highest BCUT2D eigenvalue weighted by Crippen LogP contribution is 2.27. The van der Waals surface area contributed by atoms with Gasteiger partial charge in [0, 0.05) is 24.1 Å². The van der Waals surface area contributed by atoms with E-state index in [0.29, 0.717) is 5.56 Å². The van der Waals surface area contributed by atoms with Crippen molar-refractivity contribution in [2.75, 3.05) is 13.6 Å². The van der Waals surface area contributed by atoms with Crippen molar-refractivity contribution in [3.05, 3.63) is 68.7 Å². The lowest BCUT2D eigenvalue weighted by Gasteiger charge is -2.24. The third-order valence-corrected chi connectivity index (χ3v) is 6.16. The van der Waals surface area contributed by atoms with E-state index in [-0.39, 0.29) is 6.54 Å². The molecule has 0 aliphatic rings. The molecule has 0 aromatic heterocycles. The fourth-order valence-corrected chi connectivity index (χ4v) is 4.03. The zero-order valence-electron chi connectivity index (χ0n) is 14.1. The SMILES string of the molecule is CN(C[C@H](NC(=O)O)c1ccc(Br)cc1)S(=O)(=O)c1ccccc1[N+](=O)[O-]. The molecule has 2 aromatic rings. The minimum atomic E-state index is -4.21. The van der Waals surface area contributed by atoms with Crippen LogP contribution in [0.15, 0.2) is 57.9 Å². The summed E-state index contributed by atoms with van der Waals surface area (Å²) in [5, 5.41) is 22.5. The molecule has 0 aliphatic heterocycles. The number of carboxylic acid groups (broad SMARTS) is 1. The molecule has 27 heavy (non-hydrogen) atoms. The van der Waals surface area contributed by atoms with Gasteiger partial charge in [-0.25, -0.2) is 13.2 Å². The summed E-state index contributed by atoms with van der Waals surface area (Å²) in [5.41, 5.74) is 0.000877. The molecule has 0 fully saturated rings. The first-order valence-electron chi connectivity index (χ1n) is 7.57. The molecule has 2 N–H and O–H groups in total. The van der Waals surface area contributed by atoms with Crippen LogP contribution in [-0.4, -0.2) is 42.4 Å². The highest BCUT2D eigenvalue weighted by atomic mass is 79.9. The largest absolute Gasteiger partial charge is 0.465 e. The Hall–Kier alpha value is -2.50. The highest BCUT2D eigenvalue weighted by Gasteiger charge is 2.31. The van der Waals surface area contributed by atoms with Gasteiger partial charge in [-0.15, -0.1) is 0 Å². The van der Waals surface area contributed by atoms with Crippen molar-refractivity contribution in [2.24, 2.45) is 0 Å². The highest BCUT2D eigenvalue weighted by molar-refractivity contribution is 9.10. The number of hydrogen-bond acceptors (Lipinski definition) is 5. The third-order valence-electron chi connectivity index (χ3n) is 3.76. The van der Waals surface area contributed by atoms with Crippen LogP contribution in [0.4, 0.5) is 10.5 Å². The van der Waals surface area contributed by atoms with Crippen molar-refractivity contribution in [2.45, 2.75) is 10.9 Å². The number of halogens is 1. The van der Waals surface area contributed by atoms with E-state index in [1.54, 1.807) is 24.3 Å². The second-order valence-electron chi connectivity index (χ2n) is 5.56. The predicted molar refractivity (Wildman–Crippen MR) is 101 cm³/mol. The zero-order valence-corrected chi connectivity index (χ0v) is 16.5. The molecule has 1 amide bonds. The first-order chi connectivity index (χ1) is 12.6. The normalized spacial score (nSPS) is 12.6. The number of hydrogen-bond donors (Lipinski definition) is 2. The third kappa shape index (κ3) is 5.02. The van der Waals surface area contributed by atoms with Crippen molar-refractivity contribution in [3.63, 3.8) is 0 Å². The molecule has 11 heteroatoms. The lowest BCUT2D eigenvalue weighted by molar-refractivity contribution is -0.387. The Labute approximate surface area is 163 Å². The van der Waals surface area contributed by atoms with Gasteiger partial charge in [-0.05, 0) is 23.8 Å². The van der Waals surface area contributed by atoms with E-state index in [1.807, 2.05) is 0 Å². The number of nitro benzene ring substituents is 1. The van der Waals surface area contributed by atoms with Gasteiger partial charge in [-0.1, -0.05) is 40.2 Å². The first kappa shape index (κ1) is 20.8. The molecule has 0 aliphatic carbocycles. The lowest BCUT2D eigenvalue weighted by atomic mass is 10.1. The number of benzene rings is 2. The minimum absolute atomic E-state index is 0.248. The number of nitrogens with zero attached hydrogens (tertiary/aromatic N) is 2. The number of nitrogens with one attached hydrogen (secondary N) is 1. The van der Waals surface area contributed by atoms with Gasteiger partial charge in [0.25, 0.3) is 5.69 Å². The van der Waals surface area contributed by atoms with Crippen LogP contribution in [0.2, 0.25) is 0 Å². The van der Waals surface area contributed by atoms with Gasteiger partial charge in [0.15, 0.2) is 4.90 Å². The summed E-state index contributed by atoms with van der Waals surface area (Å²) in [6, 6.07) is 10.8. The zero-order chi connectivity index (χ0) is 20.2. The second-order valence-corrected chi connectivity index (χ2v) is 8.49. The number of sulfonamides is 1. The number of carbonyl (C=O) groups is 1. The van der Waals surface area contributed by atoms with Gasteiger partial charge in [-0.2, -0.15) is 4.31 Å². The fraction of sp³-hybridized carbons (Fsp3) is 0.188. The Morgan fingerprint density at radius 3 is 2.41 bits per heavy atom. The Morgan fingerprint density at radius 2 is 1.85 bits per heavy atom. The van der Waals surface area contributed by atoms with E-state index < -0.39 is 37.7 Å². The molecule has 0 radical (unpaired) electrons. The summed E-state index contributed by atoms with van der Waals surface area (Å²) >= 11 is 3.27. The first-order valence-corrected chi connectivity index (χ1v) is 9.81. The molecular weight excluding hydrogens is 442 g/mol. The molecule has 0 saturated carbocycles. The molecule has 0 spiro atoms. The number of rotatable bonds is 7. The van der Waals surface area contributed by atoms with Crippen molar-refractivity contribution in [1.82, 2.24) is 9.62 Å². The summed E-state index contributed by atoms with van der Waals surface area (Å²) < 4.78 is 27.3. The van der Waals surface area contributed by atoms with Crippen LogP contribution < -0.4 is 5.32 Å². The number of nitro groups is 1. The maximum absolute atomic E-state index is 12.8. The van der Waals surface area contributed by atoms with Crippen LogP contribution in [0.1, 0.15) is 11.6 Å². The predicted octanol–water partition coefficient (Wildman–Crippen LogP) is 2.99. The Balaban J connectivity index is 2.36. The van der Waals surface area contributed by atoms with Crippen molar-refractivity contribution in [3.8, 4) is 0 Å². The molecular formula is C16H16BrN3O6S.